The zero-order valence-corrected chi connectivity index (χ0v) is 10.7. The van der Waals surface area contributed by atoms with Crippen molar-refractivity contribution in [1.29, 1.82) is 0 Å². The molecule has 0 aliphatic heterocycles. The summed E-state index contributed by atoms with van der Waals surface area (Å²) in [4.78, 5) is 22.5. The van der Waals surface area contributed by atoms with E-state index in [1.165, 1.54) is 0 Å². The van der Waals surface area contributed by atoms with Crippen LogP contribution in [0.4, 0.5) is 0 Å². The van der Waals surface area contributed by atoms with Crippen LogP contribution in [-0.4, -0.2) is 42.8 Å². The molecule has 6 heteroatoms. The maximum absolute atomic E-state index is 11.8. The molecule has 18 heavy (non-hydrogen) atoms. The Balaban J connectivity index is 2.33. The minimum Gasteiger partial charge on any atom is -0.481 e. The van der Waals surface area contributed by atoms with E-state index in [4.69, 9.17) is 15.6 Å². The summed E-state index contributed by atoms with van der Waals surface area (Å²) < 4.78 is 4.89. The molecule has 1 fully saturated rings. The summed E-state index contributed by atoms with van der Waals surface area (Å²) in [6, 6.07) is -0.862. The molecule has 1 saturated carbocycles. The Morgan fingerprint density at radius 2 is 2.17 bits per heavy atom. The fourth-order valence-electron chi connectivity index (χ4n) is 1.89. The van der Waals surface area contributed by atoms with E-state index in [0.717, 1.165) is 19.3 Å². The molecule has 2 unspecified atom stereocenters. The van der Waals surface area contributed by atoms with Crippen LogP contribution in [0.2, 0.25) is 0 Å². The van der Waals surface area contributed by atoms with Crippen LogP contribution in [0.1, 0.15) is 32.1 Å². The Kier molecular flexibility index (Phi) is 6.07. The zero-order valence-electron chi connectivity index (χ0n) is 10.7. The average Bonchev–Trinajstić information content (AvgIpc) is 3.11. The molecule has 1 rings (SSSR count). The number of methoxy groups -OCH3 is 1. The SMILES string of the molecule is COCCCC(N)C(=O)NC(CC(=O)O)C1CC1. The lowest BCUT2D eigenvalue weighted by molar-refractivity contribution is -0.138. The lowest BCUT2D eigenvalue weighted by Gasteiger charge is -2.19. The summed E-state index contributed by atoms with van der Waals surface area (Å²) in [7, 11) is 1.60. The van der Waals surface area contributed by atoms with Crippen LogP contribution in [0.25, 0.3) is 0 Å². The number of rotatable bonds is 9. The normalized spacial score (nSPS) is 18.1. The number of carbonyl (C=O) groups excluding carboxylic acids is 1. The van der Waals surface area contributed by atoms with E-state index in [9.17, 15) is 9.59 Å². The molecule has 0 spiro atoms. The van der Waals surface area contributed by atoms with Gasteiger partial charge in [0.1, 0.15) is 0 Å². The Morgan fingerprint density at radius 3 is 2.67 bits per heavy atom. The lowest BCUT2D eigenvalue weighted by Crippen LogP contribution is -2.47. The summed E-state index contributed by atoms with van der Waals surface area (Å²) in [5.41, 5.74) is 5.74. The fourth-order valence-corrected chi connectivity index (χ4v) is 1.89. The maximum atomic E-state index is 11.8. The number of carboxylic acid groups (broad SMARTS) is 1. The predicted molar refractivity (Wildman–Crippen MR) is 66.0 cm³/mol. The van der Waals surface area contributed by atoms with Crippen molar-refractivity contribution in [2.24, 2.45) is 11.7 Å². The van der Waals surface area contributed by atoms with E-state index in [-0.39, 0.29) is 18.4 Å². The summed E-state index contributed by atoms with van der Waals surface area (Å²) in [5.74, 6) is -0.847. The average molecular weight is 258 g/mol. The van der Waals surface area contributed by atoms with Gasteiger partial charge in [-0.2, -0.15) is 0 Å². The highest BCUT2D eigenvalue weighted by Crippen LogP contribution is 2.34. The van der Waals surface area contributed by atoms with E-state index in [2.05, 4.69) is 5.32 Å². The molecule has 104 valence electrons. The van der Waals surface area contributed by atoms with Crippen LogP contribution >= 0.6 is 0 Å². The van der Waals surface area contributed by atoms with Gasteiger partial charge in [0.25, 0.3) is 0 Å². The summed E-state index contributed by atoms with van der Waals surface area (Å²) in [6.07, 6.45) is 3.21. The Morgan fingerprint density at radius 1 is 1.50 bits per heavy atom. The monoisotopic (exact) mass is 258 g/mol. The number of carboxylic acids is 1. The van der Waals surface area contributed by atoms with E-state index in [1.54, 1.807) is 7.11 Å². The third-order valence-electron chi connectivity index (χ3n) is 3.11. The van der Waals surface area contributed by atoms with Gasteiger partial charge in [0.2, 0.25) is 5.91 Å². The standard InChI is InChI=1S/C12H22N2O4/c1-18-6-2-3-9(13)12(17)14-10(7-11(15)16)8-4-5-8/h8-10H,2-7,13H2,1H3,(H,14,17)(H,15,16). The molecule has 0 aromatic carbocycles. The maximum Gasteiger partial charge on any atom is 0.305 e. The highest BCUT2D eigenvalue weighted by molar-refractivity contribution is 5.82. The second-order valence-corrected chi connectivity index (χ2v) is 4.79. The van der Waals surface area contributed by atoms with Crippen molar-refractivity contribution in [1.82, 2.24) is 5.32 Å². The molecule has 0 saturated heterocycles. The molecule has 0 aromatic rings. The minimum absolute atomic E-state index is 0.0266. The Bertz CT molecular complexity index is 292. The number of hydrogen-bond donors (Lipinski definition) is 3. The number of aliphatic carboxylic acids is 1. The van der Waals surface area contributed by atoms with Crippen molar-refractivity contribution < 1.29 is 19.4 Å². The van der Waals surface area contributed by atoms with Crippen molar-refractivity contribution >= 4 is 11.9 Å². The summed E-state index contributed by atoms with van der Waals surface area (Å²) in [5, 5.41) is 11.5. The molecular weight excluding hydrogens is 236 g/mol. The molecule has 1 amide bonds. The van der Waals surface area contributed by atoms with Gasteiger partial charge < -0.3 is 20.9 Å². The predicted octanol–water partition coefficient (Wildman–Crippen LogP) is 0.110. The molecule has 0 radical (unpaired) electrons. The topological polar surface area (TPSA) is 102 Å². The van der Waals surface area contributed by atoms with E-state index in [0.29, 0.717) is 18.9 Å². The highest BCUT2D eigenvalue weighted by atomic mass is 16.5. The van der Waals surface area contributed by atoms with Crippen LogP contribution in [-0.2, 0) is 14.3 Å². The van der Waals surface area contributed by atoms with Gasteiger partial charge in [0.15, 0.2) is 0 Å². The van der Waals surface area contributed by atoms with Gasteiger partial charge in [-0.3, -0.25) is 9.59 Å². The van der Waals surface area contributed by atoms with Gasteiger partial charge in [0.05, 0.1) is 12.5 Å². The fraction of sp³-hybridized carbons (Fsp3) is 0.833. The smallest absolute Gasteiger partial charge is 0.305 e. The number of amides is 1. The number of hydrogen-bond acceptors (Lipinski definition) is 4. The van der Waals surface area contributed by atoms with Crippen LogP contribution in [0.15, 0.2) is 0 Å². The van der Waals surface area contributed by atoms with Gasteiger partial charge in [-0.15, -0.1) is 0 Å². The van der Waals surface area contributed by atoms with Crippen LogP contribution in [0.3, 0.4) is 0 Å². The highest BCUT2D eigenvalue weighted by Gasteiger charge is 2.34. The van der Waals surface area contributed by atoms with Crippen molar-refractivity contribution in [2.45, 2.75) is 44.2 Å². The molecule has 4 N–H and O–H groups in total. The van der Waals surface area contributed by atoms with Gasteiger partial charge in [-0.25, -0.2) is 0 Å². The quantitative estimate of drug-likeness (QED) is 0.509. The van der Waals surface area contributed by atoms with Crippen molar-refractivity contribution in [2.75, 3.05) is 13.7 Å². The van der Waals surface area contributed by atoms with Crippen LogP contribution < -0.4 is 11.1 Å². The van der Waals surface area contributed by atoms with E-state index < -0.39 is 12.0 Å². The zero-order chi connectivity index (χ0) is 13.5. The third kappa shape index (κ3) is 5.46. The summed E-state index contributed by atoms with van der Waals surface area (Å²) in [6.45, 7) is 0.572. The molecule has 0 bridgehead atoms. The van der Waals surface area contributed by atoms with Gasteiger partial charge in [-0.1, -0.05) is 0 Å². The number of carbonyl (C=O) groups is 2. The van der Waals surface area contributed by atoms with Gasteiger partial charge in [0, 0.05) is 19.8 Å². The molecule has 2 atom stereocenters. The lowest BCUT2D eigenvalue weighted by atomic mass is 10.1. The van der Waals surface area contributed by atoms with Gasteiger partial charge >= 0.3 is 5.97 Å². The molecule has 0 aromatic heterocycles. The first-order valence-electron chi connectivity index (χ1n) is 6.31. The van der Waals surface area contributed by atoms with Crippen molar-refractivity contribution in [3.63, 3.8) is 0 Å². The van der Waals surface area contributed by atoms with Gasteiger partial charge in [-0.05, 0) is 31.6 Å². The first-order valence-corrected chi connectivity index (χ1v) is 6.31. The van der Waals surface area contributed by atoms with Crippen molar-refractivity contribution in [3.8, 4) is 0 Å². The Labute approximate surface area is 107 Å². The molecule has 1 aliphatic rings. The Hall–Kier alpha value is -1.14. The largest absolute Gasteiger partial charge is 0.481 e. The summed E-state index contributed by atoms with van der Waals surface area (Å²) >= 11 is 0. The van der Waals surface area contributed by atoms with E-state index >= 15 is 0 Å². The number of ether oxygens (including phenoxy) is 1. The molecular formula is C12H22N2O4. The van der Waals surface area contributed by atoms with Crippen molar-refractivity contribution in [3.05, 3.63) is 0 Å². The second-order valence-electron chi connectivity index (χ2n) is 4.79. The van der Waals surface area contributed by atoms with E-state index in [1.807, 2.05) is 0 Å². The molecule has 6 nitrogen and oxygen atoms in total. The molecule has 0 heterocycles. The number of nitrogens with one attached hydrogen (secondary N) is 1. The van der Waals surface area contributed by atoms with Crippen LogP contribution in [0.5, 0.6) is 0 Å². The molecule has 1 aliphatic carbocycles. The first kappa shape index (κ1) is 14.9. The minimum atomic E-state index is -0.889. The number of nitrogens with two attached hydrogens (primary N) is 1. The first-order chi connectivity index (χ1) is 8.54. The second kappa shape index (κ2) is 7.33. The van der Waals surface area contributed by atoms with Crippen LogP contribution in [0, 0.1) is 5.92 Å². The third-order valence-corrected chi connectivity index (χ3v) is 3.11.